The summed E-state index contributed by atoms with van der Waals surface area (Å²) < 4.78 is 34.5. The Kier molecular flexibility index (Phi) is 3.80. The van der Waals surface area contributed by atoms with Gasteiger partial charge in [0, 0.05) is 15.7 Å². The van der Waals surface area contributed by atoms with Crippen molar-refractivity contribution in [2.24, 2.45) is 0 Å². The molecule has 1 aromatic rings. The van der Waals surface area contributed by atoms with Gasteiger partial charge in [0.05, 0.1) is 10.2 Å². The first-order valence-electron chi connectivity index (χ1n) is 3.35. The van der Waals surface area contributed by atoms with E-state index in [4.69, 9.17) is 22.3 Å². The maximum Gasteiger partial charge on any atom is 0.236 e. The molecule has 0 bridgehead atoms. The van der Waals surface area contributed by atoms with E-state index < -0.39 is 20.6 Å². The molecule has 0 saturated carbocycles. The summed E-state index contributed by atoms with van der Waals surface area (Å²) in [6.45, 7) is 0. The van der Waals surface area contributed by atoms with Crippen LogP contribution >= 0.6 is 38.2 Å². The zero-order valence-electron chi connectivity index (χ0n) is 6.60. The van der Waals surface area contributed by atoms with Gasteiger partial charge < -0.3 is 0 Å². The lowest BCUT2D eigenvalue weighted by Crippen LogP contribution is -1.96. The summed E-state index contributed by atoms with van der Waals surface area (Å²) in [6.07, 6.45) is 0. The van der Waals surface area contributed by atoms with Gasteiger partial charge in [-0.15, -0.1) is 0 Å². The van der Waals surface area contributed by atoms with Crippen LogP contribution in [0.15, 0.2) is 16.6 Å². The molecule has 0 atom stereocenters. The Balaban J connectivity index is 3.17. The molecule has 14 heavy (non-hydrogen) atoms. The smallest absolute Gasteiger partial charge is 0.212 e. The molecule has 0 radical (unpaired) electrons. The van der Waals surface area contributed by atoms with Crippen molar-refractivity contribution in [1.29, 1.82) is 0 Å². The molecule has 1 aromatic carbocycles. The topological polar surface area (TPSA) is 34.1 Å². The van der Waals surface area contributed by atoms with Crippen LogP contribution in [0, 0.1) is 5.82 Å². The lowest BCUT2D eigenvalue weighted by atomic mass is 10.2. The quantitative estimate of drug-likeness (QED) is 0.618. The van der Waals surface area contributed by atoms with Gasteiger partial charge in [0.2, 0.25) is 9.05 Å². The summed E-state index contributed by atoms with van der Waals surface area (Å²) in [5.74, 6) is -0.975. The van der Waals surface area contributed by atoms with Crippen LogP contribution in [0.4, 0.5) is 4.39 Å². The number of hydrogen-bond acceptors (Lipinski definition) is 2. The monoisotopic (exact) mass is 320 g/mol. The van der Waals surface area contributed by atoms with Crippen molar-refractivity contribution in [2.45, 2.75) is 5.75 Å². The van der Waals surface area contributed by atoms with E-state index in [-0.39, 0.29) is 15.1 Å². The molecule has 0 aliphatic rings. The highest BCUT2D eigenvalue weighted by atomic mass is 79.9. The van der Waals surface area contributed by atoms with Gasteiger partial charge >= 0.3 is 0 Å². The third kappa shape index (κ3) is 3.38. The molecule has 0 aliphatic heterocycles. The molecule has 7 heteroatoms. The highest BCUT2D eigenvalue weighted by Gasteiger charge is 2.13. The standard InChI is InChI=1S/C7H4BrCl2FO2S/c8-5-1-4(3-14(10,12)13)6(9)2-7(5)11/h1-2H,3H2. The summed E-state index contributed by atoms with van der Waals surface area (Å²) in [6, 6.07) is 2.32. The van der Waals surface area contributed by atoms with E-state index in [9.17, 15) is 12.8 Å². The average molecular weight is 322 g/mol. The number of halogens is 4. The zero-order valence-corrected chi connectivity index (χ0v) is 10.5. The molecule has 0 N–H and O–H groups in total. The van der Waals surface area contributed by atoms with Crippen LogP contribution in [-0.4, -0.2) is 8.42 Å². The average Bonchev–Trinajstić information content (AvgIpc) is 1.97. The van der Waals surface area contributed by atoms with Crippen molar-refractivity contribution >= 4 is 47.3 Å². The van der Waals surface area contributed by atoms with Crippen LogP contribution in [0.25, 0.3) is 0 Å². The van der Waals surface area contributed by atoms with Crippen LogP contribution in [0.5, 0.6) is 0 Å². The highest BCUT2D eigenvalue weighted by molar-refractivity contribution is 9.10. The lowest BCUT2D eigenvalue weighted by molar-refractivity contribution is 0.607. The predicted octanol–water partition coefficient (Wildman–Crippen LogP) is 3.31. The Morgan fingerprint density at radius 3 is 2.50 bits per heavy atom. The minimum absolute atomic E-state index is 0.0370. The van der Waals surface area contributed by atoms with Crippen LogP contribution in [0.1, 0.15) is 5.56 Å². The van der Waals surface area contributed by atoms with Crippen molar-refractivity contribution in [2.75, 3.05) is 0 Å². The van der Waals surface area contributed by atoms with E-state index in [0.717, 1.165) is 6.07 Å². The van der Waals surface area contributed by atoms with Crippen molar-refractivity contribution < 1.29 is 12.8 Å². The molecule has 0 heterocycles. The summed E-state index contributed by atoms with van der Waals surface area (Å²) >= 11 is 8.54. The van der Waals surface area contributed by atoms with Gasteiger partial charge in [-0.05, 0) is 33.6 Å². The first kappa shape index (κ1) is 12.2. The van der Waals surface area contributed by atoms with Crippen molar-refractivity contribution in [3.63, 3.8) is 0 Å². The molecule has 2 nitrogen and oxygen atoms in total. The van der Waals surface area contributed by atoms with Crippen LogP contribution in [-0.2, 0) is 14.8 Å². The second kappa shape index (κ2) is 4.35. The minimum Gasteiger partial charge on any atom is -0.212 e. The molecule has 78 valence electrons. The van der Waals surface area contributed by atoms with Crippen LogP contribution in [0.3, 0.4) is 0 Å². The summed E-state index contributed by atoms with van der Waals surface area (Å²) in [4.78, 5) is 0. The molecule has 0 aliphatic carbocycles. The van der Waals surface area contributed by atoms with Crippen LogP contribution < -0.4 is 0 Å². The molecule has 0 fully saturated rings. The largest absolute Gasteiger partial charge is 0.236 e. The minimum atomic E-state index is -3.68. The lowest BCUT2D eigenvalue weighted by Gasteiger charge is -2.03. The van der Waals surface area contributed by atoms with E-state index in [0.29, 0.717) is 0 Å². The molecular formula is C7H4BrCl2FO2S. The van der Waals surface area contributed by atoms with Crippen molar-refractivity contribution in [3.05, 3.63) is 33.0 Å². The van der Waals surface area contributed by atoms with E-state index in [1.54, 1.807) is 0 Å². The molecule has 0 saturated heterocycles. The number of rotatable bonds is 2. The van der Waals surface area contributed by atoms with Crippen molar-refractivity contribution in [3.8, 4) is 0 Å². The fraction of sp³-hybridized carbons (Fsp3) is 0.143. The van der Waals surface area contributed by atoms with E-state index in [1.807, 2.05) is 0 Å². The van der Waals surface area contributed by atoms with E-state index in [1.165, 1.54) is 6.07 Å². The van der Waals surface area contributed by atoms with Gasteiger partial charge in [-0.3, -0.25) is 0 Å². The van der Waals surface area contributed by atoms with Crippen molar-refractivity contribution in [1.82, 2.24) is 0 Å². The highest BCUT2D eigenvalue weighted by Crippen LogP contribution is 2.26. The van der Waals surface area contributed by atoms with Gasteiger partial charge in [-0.1, -0.05) is 11.6 Å². The molecule has 0 amide bonds. The second-order valence-electron chi connectivity index (χ2n) is 2.54. The first-order valence-corrected chi connectivity index (χ1v) is 7.00. The SMILES string of the molecule is O=S(=O)(Cl)Cc1cc(Br)c(F)cc1Cl. The van der Waals surface area contributed by atoms with Gasteiger partial charge in [0.15, 0.2) is 0 Å². The first-order chi connectivity index (χ1) is 6.29. The maximum absolute atomic E-state index is 12.9. The molecule has 0 spiro atoms. The van der Waals surface area contributed by atoms with Gasteiger partial charge in [-0.25, -0.2) is 12.8 Å². The van der Waals surface area contributed by atoms with Gasteiger partial charge in [0.25, 0.3) is 0 Å². The Labute approximate surface area is 98.6 Å². The summed E-state index contributed by atoms with van der Waals surface area (Å²) in [5.41, 5.74) is 0.259. The van der Waals surface area contributed by atoms with E-state index in [2.05, 4.69) is 15.9 Å². The number of benzene rings is 1. The Hall–Kier alpha value is 0.160. The van der Waals surface area contributed by atoms with Gasteiger partial charge in [-0.2, -0.15) is 0 Å². The third-order valence-corrected chi connectivity index (χ3v) is 3.36. The third-order valence-electron chi connectivity index (χ3n) is 1.42. The molecular weight excluding hydrogens is 318 g/mol. The molecule has 0 aromatic heterocycles. The Bertz CT molecular complexity index is 461. The normalized spacial score (nSPS) is 11.7. The fourth-order valence-electron chi connectivity index (χ4n) is 0.860. The summed E-state index contributed by atoms with van der Waals surface area (Å²) in [5, 5.41) is 0.0370. The zero-order chi connectivity index (χ0) is 10.9. The van der Waals surface area contributed by atoms with Gasteiger partial charge in [0.1, 0.15) is 5.82 Å². The number of hydrogen-bond donors (Lipinski definition) is 0. The second-order valence-corrected chi connectivity index (χ2v) is 6.58. The maximum atomic E-state index is 12.9. The van der Waals surface area contributed by atoms with Crippen LogP contribution in [0.2, 0.25) is 5.02 Å². The summed E-state index contributed by atoms with van der Waals surface area (Å²) in [7, 11) is 1.35. The van der Waals surface area contributed by atoms with E-state index >= 15 is 0 Å². The predicted molar refractivity (Wildman–Crippen MR) is 57.6 cm³/mol. The Morgan fingerprint density at radius 1 is 1.43 bits per heavy atom. The fourth-order valence-corrected chi connectivity index (χ4v) is 2.51. The molecule has 0 unspecified atom stereocenters. The molecule has 1 rings (SSSR count). The Morgan fingerprint density at radius 2 is 2.00 bits per heavy atom.